The summed E-state index contributed by atoms with van der Waals surface area (Å²) in [4.78, 5) is 26.9. The first kappa shape index (κ1) is 16.7. The third-order valence-corrected chi connectivity index (χ3v) is 2.64. The van der Waals surface area contributed by atoms with Crippen LogP contribution in [0.3, 0.4) is 0 Å². The molecule has 8 nitrogen and oxygen atoms in total. The Kier molecular flexibility index (Phi) is 6.44. The van der Waals surface area contributed by atoms with Crippen molar-refractivity contribution in [3.05, 3.63) is 29.8 Å². The lowest BCUT2D eigenvalue weighted by molar-refractivity contribution is -0.170. The zero-order valence-corrected chi connectivity index (χ0v) is 11.9. The molecule has 0 spiro atoms. The number of carbonyl (C=O) groups excluding carboxylic acids is 2. The molecule has 0 saturated heterocycles. The summed E-state index contributed by atoms with van der Waals surface area (Å²) in [6.07, 6.45) is -0.831. The molecule has 0 bridgehead atoms. The number of nitrogens with zero attached hydrogens (tertiary/aromatic N) is 1. The molecule has 1 aromatic rings. The Hall–Kier alpha value is -2.32. The Morgan fingerprint density at radius 2 is 1.90 bits per heavy atom. The van der Waals surface area contributed by atoms with Crippen molar-refractivity contribution in [1.82, 2.24) is 5.06 Å². The second kappa shape index (κ2) is 8.08. The van der Waals surface area contributed by atoms with E-state index in [-0.39, 0.29) is 19.1 Å². The number of hydrogen-bond acceptors (Lipinski definition) is 6. The third-order valence-electron chi connectivity index (χ3n) is 2.64. The lowest BCUT2D eigenvalue weighted by Crippen LogP contribution is -2.44. The molecule has 1 atom stereocenters. The molecule has 2 amide bonds. The number of rotatable bonds is 7. The van der Waals surface area contributed by atoms with E-state index >= 15 is 0 Å². The quantitative estimate of drug-likeness (QED) is 0.684. The molecule has 0 heterocycles. The third kappa shape index (κ3) is 5.67. The first-order chi connectivity index (χ1) is 9.93. The van der Waals surface area contributed by atoms with Crippen LogP contribution in [0, 0.1) is 0 Å². The highest BCUT2D eigenvalue weighted by molar-refractivity contribution is 5.80. The largest absolute Gasteiger partial charge is 0.491 e. The van der Waals surface area contributed by atoms with E-state index in [9.17, 15) is 9.59 Å². The van der Waals surface area contributed by atoms with Gasteiger partial charge in [-0.1, -0.05) is 12.1 Å². The summed E-state index contributed by atoms with van der Waals surface area (Å²) in [6, 6.07) is 5.96. The molecule has 0 aliphatic heterocycles. The van der Waals surface area contributed by atoms with Gasteiger partial charge in [0, 0.05) is 7.05 Å². The van der Waals surface area contributed by atoms with Crippen molar-refractivity contribution in [2.45, 2.75) is 12.6 Å². The fourth-order valence-electron chi connectivity index (χ4n) is 1.42. The van der Waals surface area contributed by atoms with Crippen LogP contribution >= 0.6 is 0 Å². The number of nitrogens with two attached hydrogens (primary N) is 2. The van der Waals surface area contributed by atoms with Crippen molar-refractivity contribution in [1.29, 1.82) is 0 Å². The average Bonchev–Trinajstić information content (AvgIpc) is 2.49. The molecular weight excluding hydrogens is 278 g/mol. The minimum absolute atomic E-state index is 0.0175. The standard InChI is InChI=1S/C13H19N3O5/c1-16(19-2)12(17)11(14)8-20-10-5-3-9(4-6-10)7-21-13(15)18/h3-6,11H,7-8,14H2,1-2H3,(H2,15,18). The average molecular weight is 297 g/mol. The van der Waals surface area contributed by atoms with Gasteiger partial charge < -0.3 is 20.9 Å². The van der Waals surface area contributed by atoms with Crippen molar-refractivity contribution in [3.8, 4) is 5.75 Å². The number of primary amides is 1. The molecule has 0 aliphatic rings. The van der Waals surface area contributed by atoms with Crippen LogP contribution in [0.1, 0.15) is 5.56 Å². The van der Waals surface area contributed by atoms with E-state index in [4.69, 9.17) is 21.0 Å². The van der Waals surface area contributed by atoms with Crippen LogP contribution in [0.15, 0.2) is 24.3 Å². The monoisotopic (exact) mass is 297 g/mol. The molecule has 0 saturated carbocycles. The van der Waals surface area contributed by atoms with Gasteiger partial charge in [0.1, 0.15) is 25.0 Å². The fourth-order valence-corrected chi connectivity index (χ4v) is 1.42. The minimum atomic E-state index is -0.831. The predicted octanol–water partition coefficient (Wildman–Crippen LogP) is 0.00780. The highest BCUT2D eigenvalue weighted by Crippen LogP contribution is 2.13. The molecule has 0 radical (unpaired) electrons. The lowest BCUT2D eigenvalue weighted by Gasteiger charge is -2.18. The van der Waals surface area contributed by atoms with Crippen LogP contribution in [-0.2, 0) is 21.0 Å². The first-order valence-corrected chi connectivity index (χ1v) is 6.15. The Labute approximate surface area is 122 Å². The second-order valence-corrected chi connectivity index (χ2v) is 4.19. The molecule has 116 valence electrons. The van der Waals surface area contributed by atoms with Crippen LogP contribution in [0.5, 0.6) is 5.75 Å². The van der Waals surface area contributed by atoms with Crippen molar-refractivity contribution < 1.29 is 23.9 Å². The van der Waals surface area contributed by atoms with E-state index in [1.165, 1.54) is 14.2 Å². The maximum atomic E-state index is 11.6. The normalized spacial score (nSPS) is 11.6. The number of carbonyl (C=O) groups is 2. The van der Waals surface area contributed by atoms with Crippen molar-refractivity contribution >= 4 is 12.0 Å². The number of amides is 2. The Bertz CT molecular complexity index is 477. The van der Waals surface area contributed by atoms with Gasteiger partial charge in [0.2, 0.25) is 0 Å². The van der Waals surface area contributed by atoms with Gasteiger partial charge in [0.15, 0.2) is 0 Å². The Morgan fingerprint density at radius 1 is 1.29 bits per heavy atom. The van der Waals surface area contributed by atoms with Crippen LogP contribution < -0.4 is 16.2 Å². The van der Waals surface area contributed by atoms with Gasteiger partial charge in [0.25, 0.3) is 5.91 Å². The fraction of sp³-hybridized carbons (Fsp3) is 0.385. The smallest absolute Gasteiger partial charge is 0.404 e. The van der Waals surface area contributed by atoms with Gasteiger partial charge in [-0.3, -0.25) is 9.63 Å². The van der Waals surface area contributed by atoms with E-state index < -0.39 is 12.1 Å². The van der Waals surface area contributed by atoms with Crippen LogP contribution in [0.25, 0.3) is 0 Å². The van der Waals surface area contributed by atoms with Gasteiger partial charge in [0.05, 0.1) is 7.11 Å². The van der Waals surface area contributed by atoms with Gasteiger partial charge >= 0.3 is 6.09 Å². The SMILES string of the molecule is CON(C)C(=O)C(N)COc1ccc(COC(N)=O)cc1. The maximum Gasteiger partial charge on any atom is 0.404 e. The van der Waals surface area contributed by atoms with E-state index in [1.54, 1.807) is 24.3 Å². The Morgan fingerprint density at radius 3 is 2.43 bits per heavy atom. The highest BCUT2D eigenvalue weighted by atomic mass is 16.7. The topological polar surface area (TPSA) is 117 Å². The Balaban J connectivity index is 2.45. The highest BCUT2D eigenvalue weighted by Gasteiger charge is 2.18. The number of hydroxylamine groups is 2. The number of likely N-dealkylation sites (N-methyl/N-ethyl adjacent to an activating group) is 1. The minimum Gasteiger partial charge on any atom is -0.491 e. The number of benzene rings is 1. The van der Waals surface area contributed by atoms with E-state index in [1.807, 2.05) is 0 Å². The summed E-state index contributed by atoms with van der Waals surface area (Å²) in [6.45, 7) is 0.107. The maximum absolute atomic E-state index is 11.6. The molecule has 1 rings (SSSR count). The number of ether oxygens (including phenoxy) is 2. The van der Waals surface area contributed by atoms with E-state index in [0.717, 1.165) is 10.6 Å². The summed E-state index contributed by atoms with van der Waals surface area (Å²) < 4.78 is 10.1. The second-order valence-electron chi connectivity index (χ2n) is 4.19. The number of hydrogen-bond donors (Lipinski definition) is 2. The molecule has 1 unspecified atom stereocenters. The lowest BCUT2D eigenvalue weighted by atomic mass is 10.2. The predicted molar refractivity (Wildman–Crippen MR) is 74.1 cm³/mol. The molecular formula is C13H19N3O5. The molecule has 4 N–H and O–H groups in total. The van der Waals surface area contributed by atoms with Gasteiger partial charge in [-0.05, 0) is 17.7 Å². The van der Waals surface area contributed by atoms with E-state index in [0.29, 0.717) is 5.75 Å². The summed E-state index contributed by atoms with van der Waals surface area (Å²) in [5.41, 5.74) is 11.3. The van der Waals surface area contributed by atoms with Gasteiger partial charge in [-0.25, -0.2) is 9.86 Å². The summed E-state index contributed by atoms with van der Waals surface area (Å²) in [5.74, 6) is 0.158. The van der Waals surface area contributed by atoms with Crippen molar-refractivity contribution in [3.63, 3.8) is 0 Å². The van der Waals surface area contributed by atoms with Gasteiger partial charge in [-0.15, -0.1) is 0 Å². The summed E-state index contributed by atoms with van der Waals surface area (Å²) in [7, 11) is 2.84. The summed E-state index contributed by atoms with van der Waals surface area (Å²) >= 11 is 0. The van der Waals surface area contributed by atoms with Crippen molar-refractivity contribution in [2.75, 3.05) is 20.8 Å². The van der Waals surface area contributed by atoms with Crippen LogP contribution in [0.4, 0.5) is 4.79 Å². The van der Waals surface area contributed by atoms with E-state index in [2.05, 4.69) is 4.74 Å². The zero-order valence-electron chi connectivity index (χ0n) is 11.9. The zero-order chi connectivity index (χ0) is 15.8. The molecule has 0 aliphatic carbocycles. The first-order valence-electron chi connectivity index (χ1n) is 6.15. The molecule has 21 heavy (non-hydrogen) atoms. The molecule has 8 heteroatoms. The molecule has 1 aromatic carbocycles. The molecule has 0 aromatic heterocycles. The van der Waals surface area contributed by atoms with Crippen molar-refractivity contribution in [2.24, 2.45) is 11.5 Å². The summed E-state index contributed by atoms with van der Waals surface area (Å²) in [5, 5.41) is 1.04. The van der Waals surface area contributed by atoms with Crippen LogP contribution in [0.2, 0.25) is 0 Å². The molecule has 0 fully saturated rings. The van der Waals surface area contributed by atoms with Crippen LogP contribution in [-0.4, -0.2) is 43.9 Å². The van der Waals surface area contributed by atoms with Gasteiger partial charge in [-0.2, -0.15) is 0 Å².